The zero-order valence-corrected chi connectivity index (χ0v) is 15.8. The standard InChI is InChI=1S/C19H19N3O4S/c1-3-12-11(2)27-17(16(12)19(25)26)21-15(23)8-9-22-10-20-14-7-5-4-6-13(14)18(22)24/h4-7,10H,3,8-9H2,1-2H3,(H,21,23)(H,25,26). The molecule has 8 heteroatoms. The summed E-state index contributed by atoms with van der Waals surface area (Å²) in [5.74, 6) is -1.40. The van der Waals surface area contributed by atoms with Crippen molar-refractivity contribution < 1.29 is 14.7 Å². The Bertz CT molecular complexity index is 1080. The lowest BCUT2D eigenvalue weighted by atomic mass is 10.1. The van der Waals surface area contributed by atoms with Crippen LogP contribution in [0.5, 0.6) is 0 Å². The fourth-order valence-electron chi connectivity index (χ4n) is 3.00. The molecule has 27 heavy (non-hydrogen) atoms. The number of nitrogens with zero attached hydrogens (tertiary/aromatic N) is 2. The van der Waals surface area contributed by atoms with Crippen LogP contribution in [0.2, 0.25) is 0 Å². The number of aromatic carboxylic acids is 1. The van der Waals surface area contributed by atoms with Crippen LogP contribution in [-0.2, 0) is 17.8 Å². The number of thiophene rings is 1. The van der Waals surface area contributed by atoms with Gasteiger partial charge in [0.2, 0.25) is 5.91 Å². The summed E-state index contributed by atoms with van der Waals surface area (Å²) in [6, 6.07) is 7.02. The number of amides is 1. The number of carbonyl (C=O) groups is 2. The molecule has 0 aliphatic heterocycles. The van der Waals surface area contributed by atoms with Gasteiger partial charge in [0.1, 0.15) is 5.00 Å². The first-order valence-corrected chi connectivity index (χ1v) is 9.33. The predicted molar refractivity (Wildman–Crippen MR) is 105 cm³/mol. The molecule has 0 fully saturated rings. The monoisotopic (exact) mass is 385 g/mol. The Labute approximate surface area is 159 Å². The zero-order chi connectivity index (χ0) is 19.6. The molecule has 0 aliphatic carbocycles. The first kappa shape index (κ1) is 18.8. The molecule has 140 valence electrons. The van der Waals surface area contributed by atoms with Gasteiger partial charge in [0.25, 0.3) is 5.56 Å². The van der Waals surface area contributed by atoms with E-state index >= 15 is 0 Å². The number of carboxylic acids is 1. The minimum absolute atomic E-state index is 0.0391. The van der Waals surface area contributed by atoms with E-state index in [0.717, 1.165) is 10.4 Å². The minimum atomic E-state index is -1.05. The summed E-state index contributed by atoms with van der Waals surface area (Å²) in [6.45, 7) is 3.88. The van der Waals surface area contributed by atoms with Crippen molar-refractivity contribution >= 4 is 39.1 Å². The fourth-order valence-corrected chi connectivity index (χ4v) is 4.15. The zero-order valence-electron chi connectivity index (χ0n) is 15.0. The quantitative estimate of drug-likeness (QED) is 0.679. The van der Waals surface area contributed by atoms with E-state index in [4.69, 9.17) is 0 Å². The summed E-state index contributed by atoms with van der Waals surface area (Å²) < 4.78 is 1.39. The Morgan fingerprint density at radius 1 is 1.30 bits per heavy atom. The van der Waals surface area contributed by atoms with Crippen molar-refractivity contribution in [1.29, 1.82) is 0 Å². The topological polar surface area (TPSA) is 101 Å². The van der Waals surface area contributed by atoms with Crippen LogP contribution >= 0.6 is 11.3 Å². The van der Waals surface area contributed by atoms with Gasteiger partial charge in [0, 0.05) is 17.8 Å². The van der Waals surface area contributed by atoms with Crippen LogP contribution in [0, 0.1) is 6.92 Å². The summed E-state index contributed by atoms with van der Waals surface area (Å²) >= 11 is 1.26. The van der Waals surface area contributed by atoms with Crippen LogP contribution in [0.4, 0.5) is 5.00 Å². The SMILES string of the molecule is CCc1c(C)sc(NC(=O)CCn2cnc3ccccc3c2=O)c1C(=O)O. The molecule has 0 atom stereocenters. The van der Waals surface area contributed by atoms with Crippen molar-refractivity contribution in [3.05, 3.63) is 57.0 Å². The first-order valence-electron chi connectivity index (χ1n) is 8.52. The fraction of sp³-hybridized carbons (Fsp3) is 0.263. The highest BCUT2D eigenvalue weighted by Crippen LogP contribution is 2.33. The van der Waals surface area contributed by atoms with Crippen LogP contribution in [0.15, 0.2) is 35.4 Å². The number of rotatable bonds is 6. The third kappa shape index (κ3) is 3.75. The van der Waals surface area contributed by atoms with E-state index in [0.29, 0.717) is 22.3 Å². The maximum atomic E-state index is 12.4. The van der Waals surface area contributed by atoms with Gasteiger partial charge >= 0.3 is 5.97 Å². The van der Waals surface area contributed by atoms with Crippen molar-refractivity contribution in [3.63, 3.8) is 0 Å². The number of para-hydroxylation sites is 1. The molecule has 0 radical (unpaired) electrons. The lowest BCUT2D eigenvalue weighted by molar-refractivity contribution is -0.116. The Morgan fingerprint density at radius 3 is 2.74 bits per heavy atom. The number of hydrogen-bond donors (Lipinski definition) is 2. The average molecular weight is 385 g/mol. The number of benzene rings is 1. The van der Waals surface area contributed by atoms with Crippen molar-refractivity contribution in [2.45, 2.75) is 33.2 Å². The summed E-state index contributed by atoms with van der Waals surface area (Å²) in [5, 5.41) is 13.0. The van der Waals surface area contributed by atoms with Crippen molar-refractivity contribution in [2.75, 3.05) is 5.32 Å². The first-order chi connectivity index (χ1) is 12.9. The van der Waals surface area contributed by atoms with Crippen molar-refractivity contribution in [2.24, 2.45) is 0 Å². The molecule has 0 saturated heterocycles. The second kappa shape index (κ2) is 7.71. The summed E-state index contributed by atoms with van der Waals surface area (Å²) in [4.78, 5) is 41.4. The predicted octanol–water partition coefficient (Wildman–Crippen LogP) is 3.06. The van der Waals surface area contributed by atoms with E-state index in [9.17, 15) is 19.5 Å². The van der Waals surface area contributed by atoms with Gasteiger partial charge in [0.15, 0.2) is 0 Å². The largest absolute Gasteiger partial charge is 0.478 e. The van der Waals surface area contributed by atoms with Gasteiger partial charge in [-0.2, -0.15) is 0 Å². The molecular formula is C19H19N3O4S. The molecule has 2 N–H and O–H groups in total. The van der Waals surface area contributed by atoms with Gasteiger partial charge in [-0.3, -0.25) is 14.2 Å². The maximum Gasteiger partial charge on any atom is 0.339 e. The molecule has 0 unspecified atom stereocenters. The molecule has 3 aromatic rings. The number of nitrogens with one attached hydrogen (secondary N) is 1. The molecule has 1 amide bonds. The number of hydrogen-bond acceptors (Lipinski definition) is 5. The Hall–Kier alpha value is -3.00. The molecule has 0 spiro atoms. The van der Waals surface area contributed by atoms with E-state index in [1.807, 2.05) is 13.8 Å². The minimum Gasteiger partial charge on any atom is -0.478 e. The van der Waals surface area contributed by atoms with Crippen molar-refractivity contribution in [3.8, 4) is 0 Å². The smallest absolute Gasteiger partial charge is 0.339 e. The van der Waals surface area contributed by atoms with Gasteiger partial charge in [0.05, 0.1) is 22.8 Å². The number of carbonyl (C=O) groups excluding carboxylic acids is 1. The van der Waals surface area contributed by atoms with Crippen LogP contribution in [-0.4, -0.2) is 26.5 Å². The number of fused-ring (bicyclic) bond motifs is 1. The third-order valence-electron chi connectivity index (χ3n) is 4.34. The Balaban J connectivity index is 1.75. The molecule has 2 aromatic heterocycles. The molecule has 0 bridgehead atoms. The number of carboxylic acid groups (broad SMARTS) is 1. The van der Waals surface area contributed by atoms with E-state index < -0.39 is 5.97 Å². The van der Waals surface area contributed by atoms with Gasteiger partial charge in [-0.05, 0) is 31.0 Å². The molecule has 3 rings (SSSR count). The van der Waals surface area contributed by atoms with E-state index in [2.05, 4.69) is 10.3 Å². The average Bonchev–Trinajstić information content (AvgIpc) is 2.96. The Morgan fingerprint density at radius 2 is 2.04 bits per heavy atom. The lowest BCUT2D eigenvalue weighted by Gasteiger charge is -2.08. The van der Waals surface area contributed by atoms with Crippen molar-refractivity contribution in [1.82, 2.24) is 9.55 Å². The highest BCUT2D eigenvalue weighted by Gasteiger charge is 2.21. The van der Waals surface area contributed by atoms with Gasteiger partial charge in [-0.25, -0.2) is 9.78 Å². The van der Waals surface area contributed by atoms with E-state index in [-0.39, 0.29) is 30.0 Å². The van der Waals surface area contributed by atoms with E-state index in [1.54, 1.807) is 24.3 Å². The molecule has 7 nitrogen and oxygen atoms in total. The number of aryl methyl sites for hydroxylation is 2. The molecule has 2 heterocycles. The summed E-state index contributed by atoms with van der Waals surface area (Å²) in [6.07, 6.45) is 2.04. The number of aromatic nitrogens is 2. The second-order valence-electron chi connectivity index (χ2n) is 6.06. The molecule has 0 aliphatic rings. The molecule has 0 saturated carbocycles. The van der Waals surface area contributed by atoms with Gasteiger partial charge < -0.3 is 10.4 Å². The van der Waals surface area contributed by atoms with Crippen LogP contribution in [0.25, 0.3) is 10.9 Å². The van der Waals surface area contributed by atoms with Gasteiger partial charge in [-0.15, -0.1) is 11.3 Å². The second-order valence-corrected chi connectivity index (χ2v) is 7.28. The third-order valence-corrected chi connectivity index (χ3v) is 5.40. The molecule has 1 aromatic carbocycles. The maximum absolute atomic E-state index is 12.4. The van der Waals surface area contributed by atoms with E-state index in [1.165, 1.54) is 22.2 Å². The lowest BCUT2D eigenvalue weighted by Crippen LogP contribution is -2.23. The highest BCUT2D eigenvalue weighted by molar-refractivity contribution is 7.16. The normalized spacial score (nSPS) is 10.9. The van der Waals surface area contributed by atoms with Gasteiger partial charge in [-0.1, -0.05) is 19.1 Å². The van der Waals surface area contributed by atoms with Crippen LogP contribution in [0.1, 0.15) is 34.1 Å². The van der Waals surface area contributed by atoms with Crippen LogP contribution < -0.4 is 10.9 Å². The summed E-state index contributed by atoms with van der Waals surface area (Å²) in [5.41, 5.74) is 1.28. The highest BCUT2D eigenvalue weighted by atomic mass is 32.1. The van der Waals surface area contributed by atoms with Crippen LogP contribution in [0.3, 0.4) is 0 Å². The summed E-state index contributed by atoms with van der Waals surface area (Å²) in [7, 11) is 0. The Kier molecular flexibility index (Phi) is 5.36. The molecular weight excluding hydrogens is 366 g/mol. The number of anilines is 1.